The molecule has 0 aliphatic heterocycles. The third-order valence-corrected chi connectivity index (χ3v) is 5.93. The van der Waals surface area contributed by atoms with Gasteiger partial charge in [-0.1, -0.05) is 48.5 Å². The monoisotopic (exact) mass is 384 g/mol. The number of imidazole rings is 1. The summed E-state index contributed by atoms with van der Waals surface area (Å²) in [5, 5.41) is 4.40. The van der Waals surface area contributed by atoms with Crippen LogP contribution in [0.4, 0.5) is 0 Å². The lowest BCUT2D eigenvalue weighted by atomic mass is 10.1. The first-order valence-electron chi connectivity index (χ1n) is 10.2. The summed E-state index contributed by atoms with van der Waals surface area (Å²) in [6, 6.07) is 20.9. The fourth-order valence-electron chi connectivity index (χ4n) is 4.51. The van der Waals surface area contributed by atoms with Gasteiger partial charge in [-0.15, -0.1) is 0 Å². The van der Waals surface area contributed by atoms with Crippen LogP contribution in [0.2, 0.25) is 0 Å². The Hall–Kier alpha value is -3.34. The number of rotatable bonds is 5. The molecule has 1 saturated carbocycles. The van der Waals surface area contributed by atoms with Crippen molar-refractivity contribution in [2.45, 2.75) is 37.9 Å². The van der Waals surface area contributed by atoms with Crippen molar-refractivity contribution in [1.29, 1.82) is 0 Å². The minimum atomic E-state index is -0.00542. The Balaban J connectivity index is 1.46. The summed E-state index contributed by atoms with van der Waals surface area (Å²) in [4.78, 5) is 17.5. The van der Waals surface area contributed by atoms with E-state index >= 15 is 0 Å². The largest absolute Gasteiger partial charge is 0.346 e. The molecule has 0 saturated heterocycles. The van der Waals surface area contributed by atoms with Gasteiger partial charge in [0.05, 0.1) is 12.4 Å². The summed E-state index contributed by atoms with van der Waals surface area (Å²) in [7, 11) is 0. The highest BCUT2D eigenvalue weighted by molar-refractivity contribution is 5.99. The van der Waals surface area contributed by atoms with E-state index in [4.69, 9.17) is 0 Å². The van der Waals surface area contributed by atoms with Crippen LogP contribution in [0.1, 0.15) is 41.4 Å². The van der Waals surface area contributed by atoms with Crippen LogP contribution < -0.4 is 5.32 Å². The zero-order valence-corrected chi connectivity index (χ0v) is 16.2. The topological polar surface area (TPSA) is 51.9 Å². The lowest BCUT2D eigenvalue weighted by molar-refractivity contribution is 0.0920. The van der Waals surface area contributed by atoms with Crippen LogP contribution in [0.5, 0.6) is 0 Å². The molecule has 0 bridgehead atoms. The van der Waals surface area contributed by atoms with Gasteiger partial charge in [0, 0.05) is 35.9 Å². The SMILES string of the molecule is O=C(NC1CCCC1n1ccnc1)c1cc2ccccc2n1Cc1ccccc1. The zero-order valence-electron chi connectivity index (χ0n) is 16.2. The van der Waals surface area contributed by atoms with Crippen LogP contribution >= 0.6 is 0 Å². The van der Waals surface area contributed by atoms with Crippen LogP contribution in [0.3, 0.4) is 0 Å². The molecular weight excluding hydrogens is 360 g/mol. The van der Waals surface area contributed by atoms with E-state index in [1.807, 2.05) is 48.9 Å². The van der Waals surface area contributed by atoms with Gasteiger partial charge in [0.15, 0.2) is 0 Å². The Kier molecular flexibility index (Phi) is 4.64. The standard InChI is InChI=1S/C24H24N4O/c29-24(26-20-10-6-12-22(20)27-14-13-25-17-27)23-15-19-9-4-5-11-21(19)28(23)16-18-7-2-1-3-8-18/h1-5,7-9,11,13-15,17,20,22H,6,10,12,16H2,(H,26,29). The molecule has 1 aliphatic carbocycles. The summed E-state index contributed by atoms with van der Waals surface area (Å²) >= 11 is 0. The zero-order chi connectivity index (χ0) is 19.6. The maximum Gasteiger partial charge on any atom is 0.268 e. The second-order valence-corrected chi connectivity index (χ2v) is 7.75. The van der Waals surface area contributed by atoms with Crippen molar-refractivity contribution in [1.82, 2.24) is 19.4 Å². The molecule has 5 nitrogen and oxygen atoms in total. The Bertz CT molecular complexity index is 1110. The van der Waals surface area contributed by atoms with Gasteiger partial charge in [0.25, 0.3) is 5.91 Å². The average Bonchev–Trinajstić information content (AvgIpc) is 3.49. The van der Waals surface area contributed by atoms with Gasteiger partial charge in [-0.05, 0) is 37.0 Å². The van der Waals surface area contributed by atoms with Gasteiger partial charge in [0.2, 0.25) is 0 Å². The van der Waals surface area contributed by atoms with Crippen molar-refractivity contribution in [3.05, 3.63) is 90.6 Å². The number of nitrogens with zero attached hydrogens (tertiary/aromatic N) is 3. The van der Waals surface area contributed by atoms with E-state index in [1.54, 1.807) is 6.20 Å². The molecular formula is C24H24N4O. The molecule has 5 rings (SSSR count). The number of benzene rings is 2. The van der Waals surface area contributed by atoms with E-state index in [9.17, 15) is 4.79 Å². The van der Waals surface area contributed by atoms with Crippen molar-refractivity contribution in [2.24, 2.45) is 0 Å². The Labute approximate surface area is 170 Å². The minimum absolute atomic E-state index is 0.00542. The van der Waals surface area contributed by atoms with Crippen LogP contribution in [0, 0.1) is 0 Å². The number of carbonyl (C=O) groups is 1. The summed E-state index contributed by atoms with van der Waals surface area (Å²) < 4.78 is 4.25. The number of nitrogens with one attached hydrogen (secondary N) is 1. The molecule has 0 spiro atoms. The van der Waals surface area contributed by atoms with Gasteiger partial charge in [0.1, 0.15) is 5.69 Å². The molecule has 2 aromatic heterocycles. The number of aromatic nitrogens is 3. The van der Waals surface area contributed by atoms with Gasteiger partial charge in [-0.25, -0.2) is 4.98 Å². The highest BCUT2D eigenvalue weighted by Gasteiger charge is 2.30. The molecule has 2 heterocycles. The first-order valence-corrected chi connectivity index (χ1v) is 10.2. The highest BCUT2D eigenvalue weighted by atomic mass is 16.2. The van der Waals surface area contributed by atoms with Crippen molar-refractivity contribution in [2.75, 3.05) is 0 Å². The molecule has 1 fully saturated rings. The van der Waals surface area contributed by atoms with Gasteiger partial charge in [-0.3, -0.25) is 4.79 Å². The number of hydrogen-bond donors (Lipinski definition) is 1. The third-order valence-electron chi connectivity index (χ3n) is 5.93. The predicted octanol–water partition coefficient (Wildman–Crippen LogP) is 4.41. The maximum absolute atomic E-state index is 13.3. The quantitative estimate of drug-likeness (QED) is 0.554. The van der Waals surface area contributed by atoms with Crippen LogP contribution in [-0.2, 0) is 6.54 Å². The first kappa shape index (κ1) is 17.7. The normalized spacial score (nSPS) is 18.9. The van der Waals surface area contributed by atoms with Crippen LogP contribution in [-0.4, -0.2) is 26.1 Å². The van der Waals surface area contributed by atoms with E-state index < -0.39 is 0 Å². The van der Waals surface area contributed by atoms with E-state index in [1.165, 1.54) is 5.56 Å². The summed E-state index contributed by atoms with van der Waals surface area (Å²) in [5.74, 6) is -0.00542. The number of hydrogen-bond acceptors (Lipinski definition) is 2. The van der Waals surface area contributed by atoms with E-state index in [2.05, 4.69) is 43.7 Å². The average molecular weight is 384 g/mol. The van der Waals surface area contributed by atoms with Crippen LogP contribution in [0.15, 0.2) is 79.4 Å². The Morgan fingerprint density at radius 2 is 1.90 bits per heavy atom. The summed E-state index contributed by atoms with van der Waals surface area (Å²) in [6.07, 6.45) is 8.81. The third kappa shape index (κ3) is 3.44. The molecule has 2 atom stereocenters. The van der Waals surface area contributed by atoms with Gasteiger partial charge >= 0.3 is 0 Å². The van der Waals surface area contributed by atoms with E-state index in [-0.39, 0.29) is 18.0 Å². The second-order valence-electron chi connectivity index (χ2n) is 7.75. The lowest BCUT2D eigenvalue weighted by Gasteiger charge is -2.22. The molecule has 0 radical (unpaired) electrons. The lowest BCUT2D eigenvalue weighted by Crippen LogP contribution is -2.39. The highest BCUT2D eigenvalue weighted by Crippen LogP contribution is 2.30. The Morgan fingerprint density at radius 1 is 1.07 bits per heavy atom. The molecule has 29 heavy (non-hydrogen) atoms. The maximum atomic E-state index is 13.3. The minimum Gasteiger partial charge on any atom is -0.346 e. The molecule has 4 aromatic rings. The summed E-state index contributed by atoms with van der Waals surface area (Å²) in [5.41, 5.74) is 2.98. The second kappa shape index (κ2) is 7.59. The molecule has 146 valence electrons. The fraction of sp³-hybridized carbons (Fsp3) is 0.250. The Morgan fingerprint density at radius 3 is 2.72 bits per heavy atom. The van der Waals surface area contributed by atoms with Crippen molar-refractivity contribution in [3.8, 4) is 0 Å². The van der Waals surface area contributed by atoms with Crippen molar-refractivity contribution < 1.29 is 4.79 Å². The molecule has 1 aliphatic rings. The first-order chi connectivity index (χ1) is 14.3. The van der Waals surface area contributed by atoms with Crippen molar-refractivity contribution >= 4 is 16.8 Å². The number of amides is 1. The van der Waals surface area contributed by atoms with E-state index in [0.29, 0.717) is 12.2 Å². The van der Waals surface area contributed by atoms with Crippen molar-refractivity contribution in [3.63, 3.8) is 0 Å². The molecule has 1 N–H and O–H groups in total. The fourth-order valence-corrected chi connectivity index (χ4v) is 4.51. The van der Waals surface area contributed by atoms with Crippen LogP contribution in [0.25, 0.3) is 10.9 Å². The summed E-state index contributed by atoms with van der Waals surface area (Å²) in [6.45, 7) is 0.673. The number of para-hydroxylation sites is 1. The van der Waals surface area contributed by atoms with E-state index in [0.717, 1.165) is 30.2 Å². The predicted molar refractivity (Wildman–Crippen MR) is 114 cm³/mol. The molecule has 2 unspecified atom stereocenters. The molecule has 5 heteroatoms. The number of fused-ring (bicyclic) bond motifs is 1. The molecule has 2 aromatic carbocycles. The molecule has 1 amide bonds. The smallest absolute Gasteiger partial charge is 0.268 e. The number of carbonyl (C=O) groups excluding carboxylic acids is 1. The van der Waals surface area contributed by atoms with Gasteiger partial charge < -0.3 is 14.5 Å². The van der Waals surface area contributed by atoms with Gasteiger partial charge in [-0.2, -0.15) is 0 Å².